The number of ether oxygens (including phenoxy) is 1. The van der Waals surface area contributed by atoms with Crippen molar-refractivity contribution in [1.82, 2.24) is 14.9 Å². The maximum atomic E-state index is 13.9. The lowest BCUT2D eigenvalue weighted by molar-refractivity contribution is -0.133. The van der Waals surface area contributed by atoms with Crippen molar-refractivity contribution < 1.29 is 19.0 Å². The Kier molecular flexibility index (Phi) is 5.76. The molecule has 0 unspecified atom stereocenters. The third-order valence-corrected chi connectivity index (χ3v) is 5.35. The van der Waals surface area contributed by atoms with E-state index in [2.05, 4.69) is 14.9 Å². The van der Waals surface area contributed by atoms with Crippen molar-refractivity contribution in [3.8, 4) is 11.5 Å². The van der Waals surface area contributed by atoms with E-state index in [0.717, 1.165) is 24.8 Å². The SMILES string of the molecule is CN(CCO)C(=O)[C@@H]1CCN(c2ccc(Oc3ccnc4c(F)cncc34)cc2)C1. The maximum absolute atomic E-state index is 13.9. The number of aromatic nitrogens is 2. The summed E-state index contributed by atoms with van der Waals surface area (Å²) in [4.78, 5) is 24.1. The molecule has 0 bridgehead atoms. The molecule has 156 valence electrons. The van der Waals surface area contributed by atoms with E-state index in [4.69, 9.17) is 9.84 Å². The first-order chi connectivity index (χ1) is 14.6. The average Bonchev–Trinajstić information content (AvgIpc) is 3.25. The minimum atomic E-state index is -0.490. The van der Waals surface area contributed by atoms with Crippen molar-refractivity contribution in [2.24, 2.45) is 5.92 Å². The average molecular weight is 410 g/mol. The zero-order chi connectivity index (χ0) is 21.1. The number of halogens is 1. The Bertz CT molecular complexity index is 1040. The number of anilines is 1. The number of fused-ring (bicyclic) bond motifs is 1. The smallest absolute Gasteiger partial charge is 0.227 e. The topological polar surface area (TPSA) is 78.8 Å². The lowest BCUT2D eigenvalue weighted by atomic mass is 10.1. The number of aliphatic hydroxyl groups is 1. The summed E-state index contributed by atoms with van der Waals surface area (Å²) in [6, 6.07) is 9.27. The van der Waals surface area contributed by atoms with Gasteiger partial charge in [-0.1, -0.05) is 0 Å². The van der Waals surface area contributed by atoms with Gasteiger partial charge in [0.25, 0.3) is 0 Å². The molecule has 30 heavy (non-hydrogen) atoms. The molecule has 1 aromatic carbocycles. The monoisotopic (exact) mass is 410 g/mol. The zero-order valence-corrected chi connectivity index (χ0v) is 16.7. The Balaban J connectivity index is 1.44. The van der Waals surface area contributed by atoms with Crippen LogP contribution in [0.3, 0.4) is 0 Å². The number of nitrogens with zero attached hydrogens (tertiary/aromatic N) is 4. The quantitative estimate of drug-likeness (QED) is 0.673. The van der Waals surface area contributed by atoms with Crippen molar-refractivity contribution >= 4 is 22.5 Å². The van der Waals surface area contributed by atoms with Crippen molar-refractivity contribution in [2.75, 3.05) is 38.2 Å². The van der Waals surface area contributed by atoms with E-state index < -0.39 is 5.82 Å². The molecule has 0 saturated carbocycles. The highest BCUT2D eigenvalue weighted by atomic mass is 19.1. The minimum Gasteiger partial charge on any atom is -0.457 e. The van der Waals surface area contributed by atoms with Crippen LogP contribution in [0.15, 0.2) is 48.9 Å². The van der Waals surface area contributed by atoms with Crippen LogP contribution in [-0.4, -0.2) is 59.2 Å². The predicted molar refractivity (Wildman–Crippen MR) is 111 cm³/mol. The van der Waals surface area contributed by atoms with Crippen LogP contribution < -0.4 is 9.64 Å². The lowest BCUT2D eigenvalue weighted by Gasteiger charge is -2.22. The normalized spacial score (nSPS) is 16.1. The lowest BCUT2D eigenvalue weighted by Crippen LogP contribution is -2.36. The van der Waals surface area contributed by atoms with Gasteiger partial charge in [-0.25, -0.2) is 4.39 Å². The molecule has 1 saturated heterocycles. The summed E-state index contributed by atoms with van der Waals surface area (Å²) in [6.45, 7) is 1.76. The first-order valence-corrected chi connectivity index (χ1v) is 9.83. The molecule has 4 rings (SSSR count). The van der Waals surface area contributed by atoms with Crippen LogP contribution in [0.25, 0.3) is 10.9 Å². The molecule has 1 N–H and O–H groups in total. The number of likely N-dealkylation sites (N-methyl/N-ethyl adjacent to an activating group) is 1. The number of rotatable bonds is 6. The van der Waals surface area contributed by atoms with Crippen LogP contribution in [0, 0.1) is 11.7 Å². The van der Waals surface area contributed by atoms with Crippen LogP contribution in [-0.2, 0) is 4.79 Å². The molecule has 3 heterocycles. The molecule has 1 fully saturated rings. The Morgan fingerprint density at radius 2 is 2.10 bits per heavy atom. The molecule has 0 radical (unpaired) electrons. The van der Waals surface area contributed by atoms with E-state index >= 15 is 0 Å². The largest absolute Gasteiger partial charge is 0.457 e. The number of carbonyl (C=O) groups excluding carboxylic acids is 1. The number of carbonyl (C=O) groups is 1. The fourth-order valence-electron chi connectivity index (χ4n) is 3.72. The van der Waals surface area contributed by atoms with Crippen molar-refractivity contribution in [3.63, 3.8) is 0 Å². The van der Waals surface area contributed by atoms with Crippen molar-refractivity contribution in [3.05, 3.63) is 54.7 Å². The van der Waals surface area contributed by atoms with Crippen molar-refractivity contribution in [2.45, 2.75) is 6.42 Å². The molecule has 1 atom stereocenters. The summed E-state index contributed by atoms with van der Waals surface area (Å²) in [5.74, 6) is 0.611. The molecular weight excluding hydrogens is 387 g/mol. The van der Waals surface area contributed by atoms with Crippen LogP contribution in [0.4, 0.5) is 10.1 Å². The minimum absolute atomic E-state index is 0.0321. The second-order valence-corrected chi connectivity index (χ2v) is 7.34. The third kappa shape index (κ3) is 4.04. The van der Waals surface area contributed by atoms with Crippen LogP contribution in [0.5, 0.6) is 11.5 Å². The third-order valence-electron chi connectivity index (χ3n) is 5.35. The van der Waals surface area contributed by atoms with Gasteiger partial charge < -0.3 is 19.6 Å². The molecule has 1 amide bonds. The van der Waals surface area contributed by atoms with Crippen LogP contribution in [0.2, 0.25) is 0 Å². The summed E-state index contributed by atoms with van der Waals surface area (Å²) in [6.07, 6.45) is 4.95. The number of benzene rings is 1. The molecule has 2 aromatic heterocycles. The molecule has 0 aliphatic carbocycles. The van der Waals surface area contributed by atoms with Gasteiger partial charge in [-0.15, -0.1) is 0 Å². The van der Waals surface area contributed by atoms with E-state index in [1.807, 2.05) is 24.3 Å². The number of pyridine rings is 2. The highest BCUT2D eigenvalue weighted by Crippen LogP contribution is 2.31. The molecular formula is C22H23FN4O3. The van der Waals surface area contributed by atoms with Gasteiger partial charge in [0.1, 0.15) is 17.0 Å². The Hall–Kier alpha value is -3.26. The van der Waals surface area contributed by atoms with Gasteiger partial charge in [0.15, 0.2) is 5.82 Å². The van der Waals surface area contributed by atoms with Gasteiger partial charge in [-0.3, -0.25) is 14.8 Å². The van der Waals surface area contributed by atoms with Gasteiger partial charge >= 0.3 is 0 Å². The van der Waals surface area contributed by atoms with E-state index in [-0.39, 0.29) is 23.9 Å². The molecule has 8 heteroatoms. The summed E-state index contributed by atoms with van der Waals surface area (Å²) in [5, 5.41) is 9.53. The van der Waals surface area contributed by atoms with Gasteiger partial charge in [0.2, 0.25) is 5.91 Å². The standard InChI is InChI=1S/C22H23FN4O3/c1-26(10-11-28)22(29)15-7-9-27(14-15)16-2-4-17(5-3-16)30-20-6-8-25-21-18(20)12-24-13-19(21)23/h2-6,8,12-13,15,28H,7,9-11,14H2,1H3/t15-/m1/s1. The summed E-state index contributed by atoms with van der Waals surface area (Å²) < 4.78 is 19.8. The van der Waals surface area contributed by atoms with E-state index in [1.165, 1.54) is 12.4 Å². The molecule has 7 nitrogen and oxygen atoms in total. The Labute approximate surface area is 173 Å². The van der Waals surface area contributed by atoms with Gasteiger partial charge in [0.05, 0.1) is 24.1 Å². The highest BCUT2D eigenvalue weighted by Gasteiger charge is 2.30. The van der Waals surface area contributed by atoms with Gasteiger partial charge in [-0.2, -0.15) is 0 Å². The Morgan fingerprint density at radius 1 is 1.30 bits per heavy atom. The molecule has 1 aliphatic heterocycles. The maximum Gasteiger partial charge on any atom is 0.227 e. The van der Waals surface area contributed by atoms with E-state index in [9.17, 15) is 9.18 Å². The summed E-state index contributed by atoms with van der Waals surface area (Å²) in [5.41, 5.74) is 1.23. The second-order valence-electron chi connectivity index (χ2n) is 7.34. The number of aliphatic hydroxyl groups excluding tert-OH is 1. The second kappa shape index (κ2) is 8.62. The van der Waals surface area contributed by atoms with Crippen molar-refractivity contribution in [1.29, 1.82) is 0 Å². The van der Waals surface area contributed by atoms with Gasteiger partial charge in [0, 0.05) is 44.8 Å². The summed E-state index contributed by atoms with van der Waals surface area (Å²) in [7, 11) is 1.72. The molecule has 1 aliphatic rings. The molecule has 3 aromatic rings. The van der Waals surface area contributed by atoms with E-state index in [0.29, 0.717) is 30.0 Å². The Morgan fingerprint density at radius 3 is 2.87 bits per heavy atom. The number of hydrogen-bond donors (Lipinski definition) is 1. The predicted octanol–water partition coefficient (Wildman–Crippen LogP) is 2.84. The first kappa shape index (κ1) is 20.0. The number of amides is 1. The fraction of sp³-hybridized carbons (Fsp3) is 0.318. The molecule has 0 spiro atoms. The number of hydrogen-bond acceptors (Lipinski definition) is 6. The zero-order valence-electron chi connectivity index (χ0n) is 16.7. The van der Waals surface area contributed by atoms with Crippen LogP contribution in [0.1, 0.15) is 6.42 Å². The van der Waals surface area contributed by atoms with Gasteiger partial charge in [-0.05, 0) is 36.8 Å². The first-order valence-electron chi connectivity index (χ1n) is 9.83. The van der Waals surface area contributed by atoms with Crippen LogP contribution >= 0.6 is 0 Å². The highest BCUT2D eigenvalue weighted by molar-refractivity contribution is 5.84. The van der Waals surface area contributed by atoms with E-state index in [1.54, 1.807) is 18.0 Å². The fourth-order valence-corrected chi connectivity index (χ4v) is 3.72. The summed E-state index contributed by atoms with van der Waals surface area (Å²) >= 11 is 0.